The number of hydrogen-bond acceptors (Lipinski definition) is 7. The number of piperidine rings is 2. The van der Waals surface area contributed by atoms with Crippen molar-refractivity contribution < 1.29 is 14.1 Å². The minimum atomic E-state index is 0.247. The molecule has 1 unspecified atom stereocenters. The average Bonchev–Trinajstić information content (AvgIpc) is 3.33. The molecule has 3 aliphatic heterocycles. The molecule has 0 aromatic carbocycles. The Hall–Kier alpha value is -1.12. The Morgan fingerprint density at radius 3 is 2.89 bits per heavy atom. The van der Waals surface area contributed by atoms with Crippen LogP contribution >= 0.6 is 11.8 Å². The monoisotopic (exact) mass is 394 g/mol. The molecule has 7 nitrogen and oxygen atoms in total. The van der Waals surface area contributed by atoms with Gasteiger partial charge in [0, 0.05) is 26.1 Å². The first-order chi connectivity index (χ1) is 13.2. The highest BCUT2D eigenvalue weighted by Crippen LogP contribution is 2.40. The molecule has 1 atom stereocenters. The van der Waals surface area contributed by atoms with Crippen LogP contribution in [0.15, 0.2) is 4.52 Å². The molecular weight excluding hydrogens is 364 g/mol. The SMILES string of the molecule is CSCc1noc(CN2CCC3(CCC(=O)N(CC4CCCO4)C3)CC2)n1. The first-order valence-corrected chi connectivity index (χ1v) is 11.5. The molecule has 0 radical (unpaired) electrons. The van der Waals surface area contributed by atoms with Crippen LogP contribution in [0.2, 0.25) is 0 Å². The largest absolute Gasteiger partial charge is 0.376 e. The fourth-order valence-corrected chi connectivity index (χ4v) is 5.01. The summed E-state index contributed by atoms with van der Waals surface area (Å²) in [5, 5.41) is 4.03. The molecule has 0 N–H and O–H groups in total. The minimum absolute atomic E-state index is 0.247. The van der Waals surface area contributed by atoms with E-state index >= 15 is 0 Å². The smallest absolute Gasteiger partial charge is 0.240 e. The number of aromatic nitrogens is 2. The van der Waals surface area contributed by atoms with Crippen molar-refractivity contribution in [3.63, 3.8) is 0 Å². The van der Waals surface area contributed by atoms with Gasteiger partial charge >= 0.3 is 0 Å². The van der Waals surface area contributed by atoms with Crippen molar-refractivity contribution in [3.05, 3.63) is 11.7 Å². The number of carbonyl (C=O) groups excluding carboxylic acids is 1. The Morgan fingerprint density at radius 1 is 1.30 bits per heavy atom. The molecule has 27 heavy (non-hydrogen) atoms. The lowest BCUT2D eigenvalue weighted by molar-refractivity contribution is -0.141. The molecular formula is C19H30N4O3S. The molecule has 8 heteroatoms. The number of carbonyl (C=O) groups is 1. The second kappa shape index (κ2) is 8.49. The molecule has 1 amide bonds. The summed E-state index contributed by atoms with van der Waals surface area (Å²) in [6, 6.07) is 0. The lowest BCUT2D eigenvalue weighted by Crippen LogP contribution is -2.52. The lowest BCUT2D eigenvalue weighted by Gasteiger charge is -2.47. The van der Waals surface area contributed by atoms with Gasteiger partial charge in [-0.05, 0) is 56.9 Å². The van der Waals surface area contributed by atoms with Gasteiger partial charge in [0.2, 0.25) is 11.8 Å². The van der Waals surface area contributed by atoms with E-state index in [9.17, 15) is 4.79 Å². The zero-order valence-electron chi connectivity index (χ0n) is 16.2. The summed E-state index contributed by atoms with van der Waals surface area (Å²) in [4.78, 5) is 21.4. The van der Waals surface area contributed by atoms with Gasteiger partial charge < -0.3 is 14.2 Å². The molecule has 0 bridgehead atoms. The van der Waals surface area contributed by atoms with E-state index in [2.05, 4.69) is 19.9 Å². The Balaban J connectivity index is 1.29. The molecule has 4 rings (SSSR count). The van der Waals surface area contributed by atoms with E-state index in [1.165, 1.54) is 0 Å². The predicted octanol–water partition coefficient (Wildman–Crippen LogP) is 2.32. The summed E-state index contributed by atoms with van der Waals surface area (Å²) in [5.41, 5.74) is 0.280. The summed E-state index contributed by atoms with van der Waals surface area (Å²) < 4.78 is 11.1. The van der Waals surface area contributed by atoms with Crippen LogP contribution in [0, 0.1) is 5.41 Å². The Morgan fingerprint density at radius 2 is 2.15 bits per heavy atom. The Bertz CT molecular complexity index is 639. The van der Waals surface area contributed by atoms with Crippen molar-refractivity contribution in [2.75, 3.05) is 39.0 Å². The molecule has 150 valence electrons. The summed E-state index contributed by atoms with van der Waals surface area (Å²) >= 11 is 1.70. The maximum absolute atomic E-state index is 12.4. The molecule has 4 heterocycles. The van der Waals surface area contributed by atoms with Crippen LogP contribution in [0.3, 0.4) is 0 Å². The molecule has 1 aromatic rings. The van der Waals surface area contributed by atoms with Crippen LogP contribution in [-0.2, 0) is 21.8 Å². The molecule has 0 saturated carbocycles. The number of likely N-dealkylation sites (tertiary alicyclic amines) is 2. The van der Waals surface area contributed by atoms with Gasteiger partial charge in [0.15, 0.2) is 5.82 Å². The summed E-state index contributed by atoms with van der Waals surface area (Å²) in [7, 11) is 0. The van der Waals surface area contributed by atoms with Crippen LogP contribution in [0.1, 0.15) is 50.2 Å². The number of nitrogens with zero attached hydrogens (tertiary/aromatic N) is 4. The Kier molecular flexibility index (Phi) is 6.04. The third-order valence-corrected chi connectivity index (χ3v) is 6.80. The van der Waals surface area contributed by atoms with Crippen LogP contribution in [0.4, 0.5) is 0 Å². The first kappa shape index (κ1) is 19.2. The van der Waals surface area contributed by atoms with Crippen LogP contribution in [0.5, 0.6) is 0 Å². The van der Waals surface area contributed by atoms with Gasteiger partial charge in [-0.1, -0.05) is 5.16 Å². The number of ether oxygens (including phenoxy) is 1. The molecule has 3 fully saturated rings. The third-order valence-electron chi connectivity index (χ3n) is 6.26. The van der Waals surface area contributed by atoms with Crippen molar-refractivity contribution in [2.45, 2.75) is 56.9 Å². The second-order valence-corrected chi connectivity index (χ2v) is 9.09. The fourth-order valence-electron chi connectivity index (χ4n) is 4.63. The van der Waals surface area contributed by atoms with Crippen molar-refractivity contribution in [1.29, 1.82) is 0 Å². The van der Waals surface area contributed by atoms with E-state index in [1.54, 1.807) is 11.8 Å². The maximum atomic E-state index is 12.4. The summed E-state index contributed by atoms with van der Waals surface area (Å²) in [6.45, 7) is 5.32. The van der Waals surface area contributed by atoms with E-state index in [0.29, 0.717) is 18.2 Å². The van der Waals surface area contributed by atoms with Gasteiger partial charge in [-0.3, -0.25) is 9.69 Å². The standard InChI is InChI=1S/C19H30N4O3S/c1-27-13-16-20-17(26-21-16)12-22-8-6-19(7-9-22)5-4-18(24)23(14-19)11-15-3-2-10-25-15/h15H,2-14H2,1H3. The Labute approximate surface area is 165 Å². The average molecular weight is 395 g/mol. The van der Waals surface area contributed by atoms with Crippen molar-refractivity contribution in [3.8, 4) is 0 Å². The third kappa shape index (κ3) is 4.66. The van der Waals surface area contributed by atoms with Gasteiger partial charge in [0.1, 0.15) is 0 Å². The van der Waals surface area contributed by atoms with Gasteiger partial charge in [0.25, 0.3) is 0 Å². The number of amides is 1. The van der Waals surface area contributed by atoms with E-state index in [4.69, 9.17) is 9.26 Å². The summed E-state index contributed by atoms with van der Waals surface area (Å²) in [6.07, 6.45) is 8.49. The second-order valence-electron chi connectivity index (χ2n) is 8.22. The highest BCUT2D eigenvalue weighted by Gasteiger charge is 2.41. The molecule has 1 spiro atoms. The zero-order chi connectivity index (χ0) is 18.7. The van der Waals surface area contributed by atoms with E-state index < -0.39 is 0 Å². The predicted molar refractivity (Wildman–Crippen MR) is 103 cm³/mol. The first-order valence-electron chi connectivity index (χ1n) is 10.1. The fraction of sp³-hybridized carbons (Fsp3) is 0.842. The topological polar surface area (TPSA) is 71.7 Å². The van der Waals surface area contributed by atoms with E-state index in [1.807, 2.05) is 6.26 Å². The number of thioether (sulfide) groups is 1. The van der Waals surface area contributed by atoms with E-state index in [0.717, 1.165) is 83.0 Å². The van der Waals surface area contributed by atoms with Gasteiger partial charge in [-0.25, -0.2) is 0 Å². The van der Waals surface area contributed by atoms with Crippen LogP contribution < -0.4 is 0 Å². The summed E-state index contributed by atoms with van der Waals surface area (Å²) in [5.74, 6) is 2.60. The van der Waals surface area contributed by atoms with E-state index in [-0.39, 0.29) is 11.5 Å². The highest BCUT2D eigenvalue weighted by molar-refractivity contribution is 7.97. The molecule has 3 aliphatic rings. The van der Waals surface area contributed by atoms with Crippen molar-refractivity contribution in [1.82, 2.24) is 19.9 Å². The number of rotatable bonds is 6. The number of hydrogen-bond donors (Lipinski definition) is 0. The van der Waals surface area contributed by atoms with Gasteiger partial charge in [-0.15, -0.1) is 0 Å². The molecule has 1 aromatic heterocycles. The van der Waals surface area contributed by atoms with Crippen LogP contribution in [0.25, 0.3) is 0 Å². The molecule has 3 saturated heterocycles. The van der Waals surface area contributed by atoms with Gasteiger partial charge in [-0.2, -0.15) is 16.7 Å². The lowest BCUT2D eigenvalue weighted by atomic mass is 9.72. The van der Waals surface area contributed by atoms with Crippen LogP contribution in [-0.4, -0.2) is 71.0 Å². The maximum Gasteiger partial charge on any atom is 0.240 e. The van der Waals surface area contributed by atoms with Crippen molar-refractivity contribution >= 4 is 17.7 Å². The molecule has 0 aliphatic carbocycles. The van der Waals surface area contributed by atoms with Crippen molar-refractivity contribution in [2.24, 2.45) is 5.41 Å². The highest BCUT2D eigenvalue weighted by atomic mass is 32.2. The quantitative estimate of drug-likeness (QED) is 0.733. The zero-order valence-corrected chi connectivity index (χ0v) is 17.0. The normalized spacial score (nSPS) is 26.2. The minimum Gasteiger partial charge on any atom is -0.376 e. The van der Waals surface area contributed by atoms with Gasteiger partial charge in [0.05, 0.1) is 18.4 Å².